The predicted octanol–water partition coefficient (Wildman–Crippen LogP) is 3.90. The summed E-state index contributed by atoms with van der Waals surface area (Å²) in [6, 6.07) is 13.5. The van der Waals surface area contributed by atoms with Crippen LogP contribution in [0.25, 0.3) is 16.0 Å². The van der Waals surface area contributed by atoms with E-state index in [1.54, 1.807) is 47.4 Å². The quantitative estimate of drug-likeness (QED) is 0.471. The average Bonchev–Trinajstić information content (AvgIpc) is 3.40. The smallest absolute Gasteiger partial charge is 0.257 e. The van der Waals surface area contributed by atoms with Crippen molar-refractivity contribution >= 4 is 32.7 Å². The molecule has 0 aliphatic carbocycles. The van der Waals surface area contributed by atoms with Crippen molar-refractivity contribution in [3.63, 3.8) is 0 Å². The van der Waals surface area contributed by atoms with Crippen LogP contribution >= 0.6 is 11.3 Å². The fourth-order valence-electron chi connectivity index (χ4n) is 3.91. The summed E-state index contributed by atoms with van der Waals surface area (Å²) in [5, 5.41) is 5.48. The summed E-state index contributed by atoms with van der Waals surface area (Å²) in [7, 11) is 1.58. The van der Waals surface area contributed by atoms with Gasteiger partial charge in [0.25, 0.3) is 5.91 Å². The lowest BCUT2D eigenvalue weighted by Gasteiger charge is -2.34. The Morgan fingerprint density at radius 1 is 1.06 bits per heavy atom. The molecule has 0 bridgehead atoms. The van der Waals surface area contributed by atoms with Gasteiger partial charge in [-0.25, -0.2) is 9.07 Å². The number of anilines is 1. The van der Waals surface area contributed by atoms with Gasteiger partial charge in [-0.05, 0) is 43.3 Å². The molecule has 1 fully saturated rings. The summed E-state index contributed by atoms with van der Waals surface area (Å²) in [4.78, 5) is 21.9. The second-order valence-corrected chi connectivity index (χ2v) is 8.58. The number of halogens is 1. The monoisotopic (exact) mass is 451 g/mol. The summed E-state index contributed by atoms with van der Waals surface area (Å²) in [6.45, 7) is 4.56. The molecule has 1 amide bonds. The summed E-state index contributed by atoms with van der Waals surface area (Å²) >= 11 is 1.60. The standard InChI is InChI=1S/C23H22FN5O2S/c1-15-20-21(29(26-15)17-9-7-16(24)8-10-17)25-23(32-20)28-13-11-27(12-14-28)22(30)18-5-3-4-6-19(18)31-2/h3-10H,11-14H2,1-2H3. The first-order valence-corrected chi connectivity index (χ1v) is 11.2. The molecule has 0 spiro atoms. The Morgan fingerprint density at radius 2 is 1.78 bits per heavy atom. The minimum absolute atomic E-state index is 0.0193. The molecule has 0 unspecified atom stereocenters. The normalized spacial score (nSPS) is 14.2. The molecule has 164 valence electrons. The number of benzene rings is 2. The number of hydrogen-bond acceptors (Lipinski definition) is 6. The highest BCUT2D eigenvalue weighted by Gasteiger charge is 2.26. The van der Waals surface area contributed by atoms with E-state index in [0.29, 0.717) is 37.5 Å². The first kappa shape index (κ1) is 20.4. The molecule has 0 radical (unpaired) electrons. The van der Waals surface area contributed by atoms with Crippen LogP contribution in [-0.4, -0.2) is 58.9 Å². The van der Waals surface area contributed by atoms with E-state index in [1.807, 2.05) is 24.0 Å². The molecule has 1 saturated heterocycles. The summed E-state index contributed by atoms with van der Waals surface area (Å²) < 4.78 is 21.4. The molecule has 5 rings (SSSR count). The Labute approximate surface area is 188 Å². The highest BCUT2D eigenvalue weighted by atomic mass is 32.1. The lowest BCUT2D eigenvalue weighted by molar-refractivity contribution is 0.0743. The number of methoxy groups -OCH3 is 1. The van der Waals surface area contributed by atoms with Crippen molar-refractivity contribution in [2.24, 2.45) is 0 Å². The number of fused-ring (bicyclic) bond motifs is 1. The first-order valence-electron chi connectivity index (χ1n) is 10.3. The molecular weight excluding hydrogens is 429 g/mol. The molecule has 0 saturated carbocycles. The highest BCUT2D eigenvalue weighted by molar-refractivity contribution is 7.22. The Kier molecular flexibility index (Phi) is 5.26. The fourth-order valence-corrected chi connectivity index (χ4v) is 4.95. The van der Waals surface area contributed by atoms with Crippen LogP contribution < -0.4 is 9.64 Å². The zero-order valence-corrected chi connectivity index (χ0v) is 18.6. The number of rotatable bonds is 4. The van der Waals surface area contributed by atoms with E-state index in [9.17, 15) is 9.18 Å². The number of carbonyl (C=O) groups excluding carboxylic acids is 1. The van der Waals surface area contributed by atoms with Crippen molar-refractivity contribution in [2.45, 2.75) is 6.92 Å². The van der Waals surface area contributed by atoms with Crippen molar-refractivity contribution < 1.29 is 13.9 Å². The number of hydrogen-bond donors (Lipinski definition) is 0. The van der Waals surface area contributed by atoms with E-state index in [1.165, 1.54) is 12.1 Å². The number of piperazine rings is 1. The maximum absolute atomic E-state index is 13.3. The minimum atomic E-state index is -0.284. The van der Waals surface area contributed by atoms with Gasteiger partial charge in [-0.3, -0.25) is 4.79 Å². The predicted molar refractivity (Wildman–Crippen MR) is 123 cm³/mol. The Hall–Kier alpha value is -3.46. The number of thiazole rings is 1. The maximum atomic E-state index is 13.3. The highest BCUT2D eigenvalue weighted by Crippen LogP contribution is 2.33. The summed E-state index contributed by atoms with van der Waals surface area (Å²) in [5.41, 5.74) is 3.01. The van der Waals surface area contributed by atoms with Crippen LogP contribution in [0, 0.1) is 12.7 Å². The zero-order chi connectivity index (χ0) is 22.2. The molecule has 7 nitrogen and oxygen atoms in total. The number of para-hydroxylation sites is 1. The third-order valence-corrected chi connectivity index (χ3v) is 6.84. The van der Waals surface area contributed by atoms with Gasteiger partial charge in [-0.1, -0.05) is 23.5 Å². The van der Waals surface area contributed by atoms with Gasteiger partial charge in [-0.15, -0.1) is 0 Å². The van der Waals surface area contributed by atoms with Crippen LogP contribution in [0.15, 0.2) is 48.5 Å². The second-order valence-electron chi connectivity index (χ2n) is 7.60. The Morgan fingerprint density at radius 3 is 2.50 bits per heavy atom. The van der Waals surface area contributed by atoms with Gasteiger partial charge in [0.15, 0.2) is 10.8 Å². The molecular formula is C23H22FN5O2S. The van der Waals surface area contributed by atoms with E-state index in [2.05, 4.69) is 10.00 Å². The van der Waals surface area contributed by atoms with Crippen molar-refractivity contribution in [2.75, 3.05) is 38.2 Å². The van der Waals surface area contributed by atoms with Crippen LogP contribution in [0.5, 0.6) is 5.75 Å². The SMILES string of the molecule is COc1ccccc1C(=O)N1CCN(c2nc3c(s2)c(C)nn3-c2ccc(F)cc2)CC1. The lowest BCUT2D eigenvalue weighted by Crippen LogP contribution is -2.48. The Bertz CT molecular complexity index is 1280. The van der Waals surface area contributed by atoms with E-state index in [4.69, 9.17) is 9.72 Å². The number of carbonyl (C=O) groups is 1. The topological polar surface area (TPSA) is 63.5 Å². The maximum Gasteiger partial charge on any atom is 0.257 e. The molecule has 2 aromatic carbocycles. The summed E-state index contributed by atoms with van der Waals surface area (Å²) in [6.07, 6.45) is 0. The van der Waals surface area contributed by atoms with Crippen LogP contribution in [0.2, 0.25) is 0 Å². The average molecular weight is 452 g/mol. The van der Waals surface area contributed by atoms with Crippen LogP contribution in [-0.2, 0) is 0 Å². The number of nitrogens with zero attached hydrogens (tertiary/aromatic N) is 5. The van der Waals surface area contributed by atoms with E-state index in [0.717, 1.165) is 26.9 Å². The molecule has 2 aromatic heterocycles. The largest absolute Gasteiger partial charge is 0.496 e. The summed E-state index contributed by atoms with van der Waals surface area (Å²) in [5.74, 6) is 0.287. The molecule has 1 aliphatic rings. The van der Waals surface area contributed by atoms with E-state index >= 15 is 0 Å². The number of amides is 1. The minimum Gasteiger partial charge on any atom is -0.496 e. The zero-order valence-electron chi connectivity index (χ0n) is 17.8. The number of aromatic nitrogens is 3. The number of aryl methyl sites for hydroxylation is 1. The van der Waals surface area contributed by atoms with Crippen molar-refractivity contribution in [1.29, 1.82) is 0 Å². The molecule has 4 aromatic rings. The molecule has 0 atom stereocenters. The van der Waals surface area contributed by atoms with E-state index in [-0.39, 0.29) is 11.7 Å². The third kappa shape index (κ3) is 3.58. The van der Waals surface area contributed by atoms with Gasteiger partial charge in [0.05, 0.1) is 28.8 Å². The first-order chi connectivity index (χ1) is 15.5. The van der Waals surface area contributed by atoms with Crippen molar-refractivity contribution in [1.82, 2.24) is 19.7 Å². The van der Waals surface area contributed by atoms with Crippen molar-refractivity contribution in [3.05, 3.63) is 65.6 Å². The molecule has 32 heavy (non-hydrogen) atoms. The van der Waals surface area contributed by atoms with Gasteiger partial charge in [-0.2, -0.15) is 10.1 Å². The van der Waals surface area contributed by atoms with Crippen LogP contribution in [0.3, 0.4) is 0 Å². The van der Waals surface area contributed by atoms with Gasteiger partial charge < -0.3 is 14.5 Å². The van der Waals surface area contributed by atoms with E-state index < -0.39 is 0 Å². The van der Waals surface area contributed by atoms with Gasteiger partial charge in [0, 0.05) is 26.2 Å². The number of ether oxygens (including phenoxy) is 1. The lowest BCUT2D eigenvalue weighted by atomic mass is 10.1. The van der Waals surface area contributed by atoms with Gasteiger partial charge >= 0.3 is 0 Å². The van der Waals surface area contributed by atoms with Crippen LogP contribution in [0.4, 0.5) is 9.52 Å². The molecule has 1 aliphatic heterocycles. The van der Waals surface area contributed by atoms with Gasteiger partial charge in [0.2, 0.25) is 0 Å². The Balaban J connectivity index is 1.35. The molecule has 3 heterocycles. The van der Waals surface area contributed by atoms with Gasteiger partial charge in [0.1, 0.15) is 11.6 Å². The van der Waals surface area contributed by atoms with Crippen molar-refractivity contribution in [3.8, 4) is 11.4 Å². The third-order valence-electron chi connectivity index (χ3n) is 5.62. The van der Waals surface area contributed by atoms with Crippen LogP contribution in [0.1, 0.15) is 16.1 Å². The fraction of sp³-hybridized carbons (Fsp3) is 0.261. The second kappa shape index (κ2) is 8.23. The molecule has 9 heteroatoms. The molecule has 0 N–H and O–H groups in total.